The van der Waals surface area contributed by atoms with Crippen LogP contribution in [0.15, 0.2) is 120 Å². The topological polar surface area (TPSA) is 35.9 Å². The number of halogens is 1. The van der Waals surface area contributed by atoms with Gasteiger partial charge in [0.1, 0.15) is 11.3 Å². The van der Waals surface area contributed by atoms with Gasteiger partial charge in [-0.15, -0.1) is 0 Å². The number of furan rings is 1. The average Bonchev–Trinajstić information content (AvgIpc) is 3.71. The van der Waals surface area contributed by atoms with Gasteiger partial charge in [-0.25, -0.2) is 4.68 Å². The van der Waals surface area contributed by atoms with E-state index >= 15 is 0 Å². The molecular weight excluding hydrogens is 574 g/mol. The molecule has 0 aliphatic carbocycles. The summed E-state index contributed by atoms with van der Waals surface area (Å²) in [7, 11) is 0. The molecule has 0 atom stereocenters. The first-order valence-electron chi connectivity index (χ1n) is 15.2. The van der Waals surface area contributed by atoms with E-state index in [1.807, 2.05) is 16.8 Å². The van der Waals surface area contributed by atoms with Crippen molar-refractivity contribution in [3.63, 3.8) is 0 Å². The second-order valence-electron chi connectivity index (χ2n) is 12.0. The fourth-order valence-electron chi connectivity index (χ4n) is 7.31. The molecule has 4 nitrogen and oxygen atoms in total. The van der Waals surface area contributed by atoms with Crippen molar-refractivity contribution in [1.82, 2.24) is 14.3 Å². The van der Waals surface area contributed by atoms with Gasteiger partial charge in [0.25, 0.3) is 0 Å². The molecule has 0 unspecified atom stereocenters. The fourth-order valence-corrected chi connectivity index (χ4v) is 7.60. The Bertz CT molecular complexity index is 2630. The Kier molecular flexibility index (Phi) is 5.56. The molecular formula is C40H28ClN3O. The highest BCUT2D eigenvalue weighted by Gasteiger charge is 2.23. The Hall–Kier alpha value is -5.32. The molecule has 216 valence electrons. The van der Waals surface area contributed by atoms with Gasteiger partial charge in [0.2, 0.25) is 0 Å². The Balaban J connectivity index is 1.35. The summed E-state index contributed by atoms with van der Waals surface area (Å²) in [6.07, 6.45) is 0. The third-order valence-electron chi connectivity index (χ3n) is 9.11. The Morgan fingerprint density at radius 2 is 1.24 bits per heavy atom. The van der Waals surface area contributed by atoms with Crippen molar-refractivity contribution in [1.29, 1.82) is 0 Å². The summed E-state index contributed by atoms with van der Waals surface area (Å²) in [4.78, 5) is 0. The van der Waals surface area contributed by atoms with Crippen LogP contribution in [-0.2, 0) is 0 Å². The van der Waals surface area contributed by atoms with E-state index in [9.17, 15) is 0 Å². The zero-order valence-corrected chi connectivity index (χ0v) is 25.9. The number of aryl methyl sites for hydroxylation is 3. The summed E-state index contributed by atoms with van der Waals surface area (Å²) >= 11 is 7.49. The van der Waals surface area contributed by atoms with Crippen LogP contribution in [-0.4, -0.2) is 14.3 Å². The molecule has 9 aromatic rings. The maximum Gasteiger partial charge on any atom is 0.160 e. The van der Waals surface area contributed by atoms with Crippen molar-refractivity contribution >= 4 is 66.2 Å². The van der Waals surface area contributed by atoms with Crippen molar-refractivity contribution < 1.29 is 4.42 Å². The van der Waals surface area contributed by atoms with Gasteiger partial charge in [-0.05, 0) is 68.3 Å². The maximum absolute atomic E-state index is 7.49. The number of hydrogen-bond donors (Lipinski definition) is 0. The van der Waals surface area contributed by atoms with E-state index < -0.39 is 0 Å². The fraction of sp³-hybridized carbons (Fsp3) is 0.0750. The van der Waals surface area contributed by atoms with E-state index in [-0.39, 0.29) is 0 Å². The second-order valence-corrected chi connectivity index (χ2v) is 12.3. The molecule has 45 heavy (non-hydrogen) atoms. The maximum atomic E-state index is 7.49. The van der Waals surface area contributed by atoms with Gasteiger partial charge in [-0.3, -0.25) is 0 Å². The van der Waals surface area contributed by atoms with Crippen molar-refractivity contribution in [2.75, 3.05) is 0 Å². The number of rotatable bonds is 3. The standard InChI is InChI=1S/C40H28ClN3O/c1-23-21-24(2)36(25(3)22-23)38-30-13-5-8-15-32(30)44(42-38)34-17-10-16-33(37(34)41)43-31-14-7-4-11-26(31)28-19-20-29-27-12-6-9-18-35(27)45-40(29)39(28)43/h4-22H,1-3H3. The third kappa shape index (κ3) is 3.69. The molecule has 0 N–H and O–H groups in total. The SMILES string of the molecule is Cc1cc(C)c(-c2nn(-c3cccc(-n4c5ccccc5c5ccc6c7ccccc7oc6c54)c3Cl)c3ccccc23)c(C)c1. The number of fused-ring (bicyclic) bond motifs is 8. The lowest BCUT2D eigenvalue weighted by molar-refractivity contribution is 0.671. The minimum atomic E-state index is 0.616. The van der Waals surface area contributed by atoms with Gasteiger partial charge in [-0.1, -0.05) is 96.0 Å². The van der Waals surface area contributed by atoms with Crippen LogP contribution >= 0.6 is 11.6 Å². The van der Waals surface area contributed by atoms with Crippen LogP contribution in [0, 0.1) is 20.8 Å². The lowest BCUT2D eigenvalue weighted by Gasteiger charge is -2.14. The number of nitrogens with zero attached hydrogens (tertiary/aromatic N) is 3. The summed E-state index contributed by atoms with van der Waals surface area (Å²) in [6, 6.07) is 40.1. The van der Waals surface area contributed by atoms with Crippen molar-refractivity contribution in [3.8, 4) is 22.6 Å². The highest BCUT2D eigenvalue weighted by molar-refractivity contribution is 6.35. The molecule has 3 heterocycles. The smallest absolute Gasteiger partial charge is 0.160 e. The molecule has 3 aromatic heterocycles. The molecule has 9 rings (SSSR count). The molecule has 0 saturated heterocycles. The van der Waals surface area contributed by atoms with Gasteiger partial charge >= 0.3 is 0 Å². The van der Waals surface area contributed by atoms with E-state index in [4.69, 9.17) is 21.1 Å². The monoisotopic (exact) mass is 601 g/mol. The molecule has 0 saturated carbocycles. The predicted molar refractivity (Wildman–Crippen MR) is 187 cm³/mol. The number of benzene rings is 6. The normalized spacial score (nSPS) is 12.0. The highest BCUT2D eigenvalue weighted by atomic mass is 35.5. The van der Waals surface area contributed by atoms with Crippen molar-refractivity contribution in [2.45, 2.75) is 20.8 Å². The highest BCUT2D eigenvalue weighted by Crippen LogP contribution is 2.43. The quantitative estimate of drug-likeness (QED) is 0.202. The van der Waals surface area contributed by atoms with Crippen molar-refractivity contribution in [2.24, 2.45) is 0 Å². The van der Waals surface area contributed by atoms with E-state index in [0.717, 1.165) is 77.3 Å². The molecule has 0 bridgehead atoms. The number of hydrogen-bond acceptors (Lipinski definition) is 2. The molecule has 0 aliphatic heterocycles. The first-order chi connectivity index (χ1) is 22.0. The average molecular weight is 602 g/mol. The summed E-state index contributed by atoms with van der Waals surface area (Å²) in [5, 5.41) is 11.4. The molecule has 0 amide bonds. The van der Waals surface area contributed by atoms with Gasteiger partial charge in [0, 0.05) is 32.5 Å². The molecule has 0 fully saturated rings. The van der Waals surface area contributed by atoms with Crippen LogP contribution in [0.25, 0.3) is 77.3 Å². The van der Waals surface area contributed by atoms with Crippen LogP contribution in [0.3, 0.4) is 0 Å². The van der Waals surface area contributed by atoms with Gasteiger partial charge in [0.15, 0.2) is 5.58 Å². The van der Waals surface area contributed by atoms with Gasteiger partial charge in [-0.2, -0.15) is 5.10 Å². The minimum Gasteiger partial charge on any atom is -0.454 e. The van der Waals surface area contributed by atoms with Crippen molar-refractivity contribution in [3.05, 3.63) is 137 Å². The lowest BCUT2D eigenvalue weighted by atomic mass is 9.96. The predicted octanol–water partition coefficient (Wildman–Crippen LogP) is 11.3. The van der Waals surface area contributed by atoms with Crippen LogP contribution in [0.2, 0.25) is 5.02 Å². The number of para-hydroxylation sites is 3. The summed E-state index contributed by atoms with van der Waals surface area (Å²) in [5.74, 6) is 0. The largest absolute Gasteiger partial charge is 0.454 e. The lowest BCUT2D eigenvalue weighted by Crippen LogP contribution is -2.02. The van der Waals surface area contributed by atoms with E-state index in [1.165, 1.54) is 16.7 Å². The third-order valence-corrected chi connectivity index (χ3v) is 9.49. The second kappa shape index (κ2) is 9.59. The molecule has 0 spiro atoms. The van der Waals surface area contributed by atoms with E-state index in [1.54, 1.807) is 0 Å². The molecule has 0 aliphatic rings. The number of aromatic nitrogens is 3. The zero-order valence-electron chi connectivity index (χ0n) is 25.1. The van der Waals surface area contributed by atoms with Crippen LogP contribution in [0.1, 0.15) is 16.7 Å². The van der Waals surface area contributed by atoms with Crippen LogP contribution in [0.4, 0.5) is 0 Å². The van der Waals surface area contributed by atoms with Gasteiger partial charge < -0.3 is 8.98 Å². The molecule has 6 aromatic carbocycles. The first-order valence-corrected chi connectivity index (χ1v) is 15.6. The summed E-state index contributed by atoms with van der Waals surface area (Å²) < 4.78 is 10.8. The Labute approximate surface area is 264 Å². The van der Waals surface area contributed by atoms with Crippen LogP contribution < -0.4 is 0 Å². The Morgan fingerprint density at radius 1 is 0.600 bits per heavy atom. The van der Waals surface area contributed by atoms with Crippen LogP contribution in [0.5, 0.6) is 0 Å². The van der Waals surface area contributed by atoms with E-state index in [2.05, 4.69) is 128 Å². The summed E-state index contributed by atoms with van der Waals surface area (Å²) in [6.45, 7) is 6.47. The zero-order chi connectivity index (χ0) is 30.4. The van der Waals surface area contributed by atoms with E-state index in [0.29, 0.717) is 5.02 Å². The first kappa shape index (κ1) is 26.1. The Morgan fingerprint density at radius 3 is 2.04 bits per heavy atom. The minimum absolute atomic E-state index is 0.616. The van der Waals surface area contributed by atoms with Gasteiger partial charge in [0.05, 0.1) is 32.9 Å². The molecule has 0 radical (unpaired) electrons. The summed E-state index contributed by atoms with van der Waals surface area (Å²) in [5.41, 5.74) is 12.3. The molecule has 5 heteroatoms.